The molecule has 2 aromatic rings. The summed E-state index contributed by atoms with van der Waals surface area (Å²) < 4.78 is 5.02. The molecule has 0 saturated heterocycles. The van der Waals surface area contributed by atoms with Crippen LogP contribution in [0.5, 0.6) is 0 Å². The van der Waals surface area contributed by atoms with Crippen LogP contribution in [-0.2, 0) is 20.7 Å². The predicted molar refractivity (Wildman–Crippen MR) is 125 cm³/mol. The van der Waals surface area contributed by atoms with Crippen molar-refractivity contribution in [2.24, 2.45) is 23.2 Å². The van der Waals surface area contributed by atoms with Crippen molar-refractivity contribution < 1.29 is 19.1 Å². The van der Waals surface area contributed by atoms with E-state index in [0.29, 0.717) is 35.3 Å². The first-order valence-electron chi connectivity index (χ1n) is 12.0. The van der Waals surface area contributed by atoms with Gasteiger partial charge in [0, 0.05) is 23.0 Å². The van der Waals surface area contributed by atoms with E-state index in [1.54, 1.807) is 24.3 Å². The van der Waals surface area contributed by atoms with Gasteiger partial charge in [0.25, 0.3) is 0 Å². The molecule has 6 rings (SSSR count). The number of amides is 1. The van der Waals surface area contributed by atoms with E-state index < -0.39 is 12.0 Å². The summed E-state index contributed by atoms with van der Waals surface area (Å²) in [5.41, 5.74) is 1.80. The zero-order valence-corrected chi connectivity index (χ0v) is 19.1. The lowest BCUT2D eigenvalue weighted by molar-refractivity contribution is -0.152. The molecule has 1 atom stereocenters. The largest absolute Gasteiger partial charge is 0.467 e. The fourth-order valence-corrected chi connectivity index (χ4v) is 6.82. The lowest BCUT2D eigenvalue weighted by Crippen LogP contribution is -2.56. The Kier molecular flexibility index (Phi) is 5.81. The minimum absolute atomic E-state index is 0.0212. The summed E-state index contributed by atoms with van der Waals surface area (Å²) in [4.78, 5) is 38.7. The lowest BCUT2D eigenvalue weighted by Gasteiger charge is -2.55. The van der Waals surface area contributed by atoms with Crippen LogP contribution in [0.2, 0.25) is 0 Å². The van der Waals surface area contributed by atoms with Crippen molar-refractivity contribution in [3.8, 4) is 0 Å². The molecule has 4 saturated carbocycles. The van der Waals surface area contributed by atoms with Gasteiger partial charge in [-0.25, -0.2) is 4.79 Å². The summed E-state index contributed by atoms with van der Waals surface area (Å²) >= 11 is 0. The molecule has 1 amide bonds. The molecular weight excluding hydrogens is 414 g/mol. The van der Waals surface area contributed by atoms with E-state index in [1.165, 1.54) is 26.4 Å². The van der Waals surface area contributed by atoms with Crippen LogP contribution >= 0.6 is 0 Å². The van der Waals surface area contributed by atoms with Crippen LogP contribution in [0.3, 0.4) is 0 Å². The van der Waals surface area contributed by atoms with Crippen LogP contribution in [0.4, 0.5) is 0 Å². The van der Waals surface area contributed by atoms with Crippen LogP contribution in [-0.4, -0.2) is 30.8 Å². The first-order chi connectivity index (χ1) is 16.0. The fourth-order valence-electron chi connectivity index (χ4n) is 6.82. The Morgan fingerprint density at radius 2 is 1.42 bits per heavy atom. The maximum atomic E-state index is 13.5. The van der Waals surface area contributed by atoms with Crippen molar-refractivity contribution in [3.63, 3.8) is 0 Å². The van der Waals surface area contributed by atoms with Gasteiger partial charge in [0.1, 0.15) is 6.04 Å². The Hall–Kier alpha value is -2.95. The van der Waals surface area contributed by atoms with Crippen molar-refractivity contribution in [1.29, 1.82) is 0 Å². The molecule has 0 heterocycles. The van der Waals surface area contributed by atoms with Gasteiger partial charge in [0.05, 0.1) is 7.11 Å². The van der Waals surface area contributed by atoms with Crippen LogP contribution in [0.25, 0.3) is 0 Å². The van der Waals surface area contributed by atoms with E-state index in [1.807, 2.05) is 30.3 Å². The average molecular weight is 446 g/mol. The first kappa shape index (κ1) is 21.9. The van der Waals surface area contributed by atoms with Gasteiger partial charge in [-0.15, -0.1) is 0 Å². The molecule has 0 radical (unpaired) electrons. The topological polar surface area (TPSA) is 72.5 Å². The molecule has 0 aliphatic heterocycles. The Morgan fingerprint density at radius 3 is 1.97 bits per heavy atom. The molecule has 0 spiro atoms. The number of methoxy groups -OCH3 is 1. The Morgan fingerprint density at radius 1 is 0.879 bits per heavy atom. The van der Waals surface area contributed by atoms with Crippen molar-refractivity contribution >= 4 is 17.7 Å². The van der Waals surface area contributed by atoms with Gasteiger partial charge in [-0.2, -0.15) is 0 Å². The summed E-state index contributed by atoms with van der Waals surface area (Å²) in [5.74, 6) is 1.53. The SMILES string of the molecule is COC(=O)[C@H](Cc1ccc(C(=O)c2ccccc2)cc1)NC(=O)C12CC3CC(CC(C3)C1)C2. The lowest BCUT2D eigenvalue weighted by atomic mass is 9.49. The standard InChI is InChI=1S/C28H31NO4/c1-33-26(31)24(29-27(32)28-15-19-11-20(16-28)13-21(12-19)17-28)14-18-7-9-23(10-8-18)25(30)22-5-3-2-4-6-22/h2-10,19-21,24H,11-17H2,1H3,(H,29,32)/t19?,20?,21?,24-,28?/m0/s1. The molecule has 0 aromatic heterocycles. The molecule has 4 bridgehead atoms. The van der Waals surface area contributed by atoms with Gasteiger partial charge in [-0.3, -0.25) is 9.59 Å². The highest BCUT2D eigenvalue weighted by Crippen LogP contribution is 2.60. The molecule has 5 heteroatoms. The monoisotopic (exact) mass is 445 g/mol. The van der Waals surface area contributed by atoms with E-state index in [9.17, 15) is 14.4 Å². The molecule has 5 nitrogen and oxygen atoms in total. The maximum absolute atomic E-state index is 13.5. The van der Waals surface area contributed by atoms with Gasteiger partial charge in [0.15, 0.2) is 5.78 Å². The molecule has 4 fully saturated rings. The number of benzene rings is 2. The van der Waals surface area contributed by atoms with Gasteiger partial charge in [-0.1, -0.05) is 54.6 Å². The predicted octanol–water partition coefficient (Wildman–Crippen LogP) is 4.33. The smallest absolute Gasteiger partial charge is 0.328 e. The van der Waals surface area contributed by atoms with Crippen LogP contribution in [0.15, 0.2) is 54.6 Å². The number of rotatable bonds is 7. The highest BCUT2D eigenvalue weighted by Gasteiger charge is 2.55. The summed E-state index contributed by atoms with van der Waals surface area (Å²) in [6, 6.07) is 15.7. The van der Waals surface area contributed by atoms with Crippen LogP contribution in [0, 0.1) is 23.2 Å². The summed E-state index contributed by atoms with van der Waals surface area (Å²) in [7, 11) is 1.35. The molecule has 33 heavy (non-hydrogen) atoms. The number of carbonyl (C=O) groups is 3. The average Bonchev–Trinajstić information content (AvgIpc) is 2.83. The van der Waals surface area contributed by atoms with Crippen molar-refractivity contribution in [2.45, 2.75) is 51.0 Å². The molecule has 0 unspecified atom stereocenters. The second kappa shape index (κ2) is 8.77. The quantitative estimate of drug-likeness (QED) is 0.509. The molecule has 172 valence electrons. The Labute approximate surface area is 194 Å². The minimum Gasteiger partial charge on any atom is -0.467 e. The second-order valence-corrected chi connectivity index (χ2v) is 10.3. The third-order valence-corrected chi connectivity index (χ3v) is 8.00. The fraction of sp³-hybridized carbons (Fsp3) is 0.464. The van der Waals surface area contributed by atoms with Crippen molar-refractivity contribution in [2.75, 3.05) is 7.11 Å². The van der Waals surface area contributed by atoms with E-state index in [2.05, 4.69) is 5.32 Å². The molecule has 1 N–H and O–H groups in total. The number of nitrogens with one attached hydrogen (secondary N) is 1. The number of esters is 1. The number of ketones is 1. The highest BCUT2D eigenvalue weighted by molar-refractivity contribution is 6.08. The highest BCUT2D eigenvalue weighted by atomic mass is 16.5. The maximum Gasteiger partial charge on any atom is 0.328 e. The molecular formula is C28H31NO4. The number of hydrogen-bond donors (Lipinski definition) is 1. The zero-order valence-electron chi connectivity index (χ0n) is 19.1. The summed E-state index contributed by atoms with van der Waals surface area (Å²) in [6.07, 6.45) is 6.99. The van der Waals surface area contributed by atoms with Gasteiger partial charge in [0.2, 0.25) is 5.91 Å². The third-order valence-electron chi connectivity index (χ3n) is 8.00. The third kappa shape index (κ3) is 4.33. The van der Waals surface area contributed by atoms with E-state index >= 15 is 0 Å². The minimum atomic E-state index is -0.730. The molecule has 4 aliphatic carbocycles. The number of carbonyl (C=O) groups excluding carboxylic acids is 3. The summed E-state index contributed by atoms with van der Waals surface area (Å²) in [5, 5.41) is 3.06. The first-order valence-corrected chi connectivity index (χ1v) is 12.0. The second-order valence-electron chi connectivity index (χ2n) is 10.3. The van der Waals surface area contributed by atoms with Crippen molar-refractivity contribution in [1.82, 2.24) is 5.32 Å². The van der Waals surface area contributed by atoms with Gasteiger partial charge in [-0.05, 0) is 61.8 Å². The Balaban J connectivity index is 1.28. The molecule has 4 aliphatic rings. The normalized spacial score (nSPS) is 28.2. The number of ether oxygens (including phenoxy) is 1. The summed E-state index contributed by atoms with van der Waals surface area (Å²) in [6.45, 7) is 0. The zero-order chi connectivity index (χ0) is 23.0. The van der Waals surface area contributed by atoms with Crippen LogP contribution in [0.1, 0.15) is 60.0 Å². The number of hydrogen-bond acceptors (Lipinski definition) is 4. The van der Waals surface area contributed by atoms with E-state index in [0.717, 1.165) is 24.8 Å². The van der Waals surface area contributed by atoms with Gasteiger partial charge < -0.3 is 10.1 Å². The van der Waals surface area contributed by atoms with E-state index in [4.69, 9.17) is 4.74 Å². The van der Waals surface area contributed by atoms with Crippen molar-refractivity contribution in [3.05, 3.63) is 71.3 Å². The van der Waals surface area contributed by atoms with Crippen LogP contribution < -0.4 is 5.32 Å². The van der Waals surface area contributed by atoms with E-state index in [-0.39, 0.29) is 17.1 Å². The Bertz CT molecular complexity index is 1010. The molecule has 2 aromatic carbocycles. The van der Waals surface area contributed by atoms with Gasteiger partial charge >= 0.3 is 5.97 Å².